The molecule has 0 radical (unpaired) electrons. The average Bonchev–Trinajstić information content (AvgIpc) is 2.61. The molecule has 2 aromatic heterocycles. The molecule has 0 fully saturated rings. The molecule has 2 heterocycles. The van der Waals surface area contributed by atoms with E-state index in [1.165, 1.54) is 6.20 Å². The molecule has 0 aliphatic carbocycles. The van der Waals surface area contributed by atoms with E-state index in [0.717, 1.165) is 11.4 Å². The van der Waals surface area contributed by atoms with Gasteiger partial charge in [0, 0.05) is 23.1 Å². The molecule has 6 nitrogen and oxygen atoms in total. The highest BCUT2D eigenvalue weighted by Gasteiger charge is 2.09. The predicted octanol–water partition coefficient (Wildman–Crippen LogP) is 3.20. The van der Waals surface area contributed by atoms with Gasteiger partial charge in [0.25, 0.3) is 5.91 Å². The van der Waals surface area contributed by atoms with E-state index in [4.69, 9.17) is 11.6 Å². The van der Waals surface area contributed by atoms with E-state index in [1.54, 1.807) is 24.4 Å². The second-order valence-electron chi connectivity index (χ2n) is 4.90. The second-order valence-corrected chi connectivity index (χ2v) is 5.34. The Bertz CT molecular complexity index is 841. The van der Waals surface area contributed by atoms with Crippen LogP contribution in [0.1, 0.15) is 16.2 Å². The summed E-state index contributed by atoms with van der Waals surface area (Å²) in [5.41, 5.74) is 1.79. The number of aromatic nitrogens is 3. The number of halogens is 1. The van der Waals surface area contributed by atoms with Gasteiger partial charge in [-0.3, -0.25) is 9.78 Å². The van der Waals surface area contributed by atoms with Crippen molar-refractivity contribution in [3.63, 3.8) is 0 Å². The standard InChI is InChI=1S/C17H14ClN5O/c18-12-4-3-6-13(10-12)22-17-20-9-7-15(23-17)16(24)21-11-14-5-1-2-8-19-14/h1-10H,11H2,(H,21,24)(H,20,22,23). The molecule has 2 N–H and O–H groups in total. The molecule has 3 rings (SSSR count). The number of nitrogens with zero attached hydrogens (tertiary/aromatic N) is 3. The van der Waals surface area contributed by atoms with Crippen molar-refractivity contribution in [3.05, 3.63) is 77.3 Å². The minimum Gasteiger partial charge on any atom is -0.345 e. The summed E-state index contributed by atoms with van der Waals surface area (Å²) in [5, 5.41) is 6.39. The summed E-state index contributed by atoms with van der Waals surface area (Å²) in [5.74, 6) is 0.0277. The molecule has 0 bridgehead atoms. The van der Waals surface area contributed by atoms with Crippen LogP contribution in [-0.2, 0) is 6.54 Å². The molecule has 0 unspecified atom stereocenters. The highest BCUT2D eigenvalue weighted by Crippen LogP contribution is 2.17. The Balaban J connectivity index is 1.67. The predicted molar refractivity (Wildman–Crippen MR) is 92.2 cm³/mol. The molecule has 1 amide bonds. The summed E-state index contributed by atoms with van der Waals surface area (Å²) in [7, 11) is 0. The smallest absolute Gasteiger partial charge is 0.270 e. The SMILES string of the molecule is O=C(NCc1ccccn1)c1ccnc(Nc2cccc(Cl)c2)n1. The number of anilines is 2. The van der Waals surface area contributed by atoms with Gasteiger partial charge < -0.3 is 10.6 Å². The number of hydrogen-bond acceptors (Lipinski definition) is 5. The number of hydrogen-bond donors (Lipinski definition) is 2. The molecule has 0 atom stereocenters. The van der Waals surface area contributed by atoms with Gasteiger partial charge in [-0.25, -0.2) is 9.97 Å². The number of pyridine rings is 1. The van der Waals surface area contributed by atoms with Crippen LogP contribution >= 0.6 is 11.6 Å². The van der Waals surface area contributed by atoms with Gasteiger partial charge in [-0.05, 0) is 36.4 Å². The summed E-state index contributed by atoms with van der Waals surface area (Å²) in [4.78, 5) is 24.7. The summed E-state index contributed by atoms with van der Waals surface area (Å²) in [6.45, 7) is 0.334. The zero-order valence-corrected chi connectivity index (χ0v) is 13.4. The minimum absolute atomic E-state index is 0.269. The van der Waals surface area contributed by atoms with Crippen molar-refractivity contribution in [2.75, 3.05) is 5.32 Å². The lowest BCUT2D eigenvalue weighted by Gasteiger charge is -2.07. The van der Waals surface area contributed by atoms with Crippen LogP contribution in [0.4, 0.5) is 11.6 Å². The lowest BCUT2D eigenvalue weighted by atomic mass is 10.3. The number of carbonyl (C=O) groups is 1. The second kappa shape index (κ2) is 7.52. The summed E-state index contributed by atoms with van der Waals surface area (Å²) < 4.78 is 0. The van der Waals surface area contributed by atoms with E-state index in [9.17, 15) is 4.79 Å². The summed E-state index contributed by atoms with van der Waals surface area (Å²) in [6, 6.07) is 14.3. The number of benzene rings is 1. The Labute approximate surface area is 143 Å². The quantitative estimate of drug-likeness (QED) is 0.746. The highest BCUT2D eigenvalue weighted by molar-refractivity contribution is 6.30. The van der Waals surface area contributed by atoms with Crippen LogP contribution < -0.4 is 10.6 Å². The third kappa shape index (κ3) is 4.27. The van der Waals surface area contributed by atoms with Gasteiger partial charge >= 0.3 is 0 Å². The van der Waals surface area contributed by atoms with Gasteiger partial charge in [0.05, 0.1) is 12.2 Å². The minimum atomic E-state index is -0.294. The van der Waals surface area contributed by atoms with E-state index in [1.807, 2.05) is 30.3 Å². The zero-order valence-electron chi connectivity index (χ0n) is 12.6. The highest BCUT2D eigenvalue weighted by atomic mass is 35.5. The fourth-order valence-corrected chi connectivity index (χ4v) is 2.20. The first-order valence-corrected chi connectivity index (χ1v) is 7.62. The largest absolute Gasteiger partial charge is 0.345 e. The number of nitrogens with one attached hydrogen (secondary N) is 2. The lowest BCUT2D eigenvalue weighted by molar-refractivity contribution is 0.0945. The van der Waals surface area contributed by atoms with Crippen molar-refractivity contribution in [1.82, 2.24) is 20.3 Å². The maximum absolute atomic E-state index is 12.2. The van der Waals surface area contributed by atoms with Gasteiger partial charge in [0.2, 0.25) is 5.95 Å². The molecular formula is C17H14ClN5O. The molecule has 0 spiro atoms. The molecule has 3 aromatic rings. The lowest BCUT2D eigenvalue weighted by Crippen LogP contribution is -2.24. The van der Waals surface area contributed by atoms with Gasteiger partial charge in [-0.1, -0.05) is 23.7 Å². The van der Waals surface area contributed by atoms with Crippen molar-refractivity contribution in [2.24, 2.45) is 0 Å². The third-order valence-electron chi connectivity index (χ3n) is 3.13. The maximum Gasteiger partial charge on any atom is 0.270 e. The van der Waals surface area contributed by atoms with Gasteiger partial charge in [0.15, 0.2) is 0 Å². The molecule has 0 saturated carbocycles. The van der Waals surface area contributed by atoms with Gasteiger partial charge in [-0.2, -0.15) is 0 Å². The van der Waals surface area contributed by atoms with Gasteiger partial charge in [0.1, 0.15) is 5.69 Å². The Kier molecular flexibility index (Phi) is 4.98. The van der Waals surface area contributed by atoms with Crippen molar-refractivity contribution in [1.29, 1.82) is 0 Å². The summed E-state index contributed by atoms with van der Waals surface area (Å²) in [6.07, 6.45) is 3.20. The Hall–Kier alpha value is -2.99. The maximum atomic E-state index is 12.2. The number of rotatable bonds is 5. The fraction of sp³-hybridized carbons (Fsp3) is 0.0588. The van der Waals surface area contributed by atoms with E-state index >= 15 is 0 Å². The zero-order chi connectivity index (χ0) is 16.8. The van der Waals surface area contributed by atoms with Crippen LogP contribution in [0, 0.1) is 0 Å². The number of amides is 1. The van der Waals surface area contributed by atoms with Crippen LogP contribution in [0.25, 0.3) is 0 Å². The monoisotopic (exact) mass is 339 g/mol. The van der Waals surface area contributed by atoms with Crippen molar-refractivity contribution in [3.8, 4) is 0 Å². The first-order valence-electron chi connectivity index (χ1n) is 7.24. The fourth-order valence-electron chi connectivity index (χ4n) is 2.00. The van der Waals surface area contributed by atoms with Gasteiger partial charge in [-0.15, -0.1) is 0 Å². The Morgan fingerprint density at radius 3 is 2.75 bits per heavy atom. The van der Waals surface area contributed by atoms with Crippen LogP contribution in [-0.4, -0.2) is 20.9 Å². The number of carbonyl (C=O) groups excluding carboxylic acids is 1. The van der Waals surface area contributed by atoms with Crippen molar-refractivity contribution in [2.45, 2.75) is 6.54 Å². The van der Waals surface area contributed by atoms with Crippen molar-refractivity contribution >= 4 is 29.1 Å². The van der Waals surface area contributed by atoms with Crippen LogP contribution in [0.5, 0.6) is 0 Å². The van der Waals surface area contributed by atoms with Crippen molar-refractivity contribution < 1.29 is 4.79 Å². The van der Waals surface area contributed by atoms with E-state index in [0.29, 0.717) is 17.5 Å². The van der Waals surface area contributed by atoms with Crippen LogP contribution in [0.3, 0.4) is 0 Å². The van der Waals surface area contributed by atoms with E-state index in [2.05, 4.69) is 25.6 Å². The van der Waals surface area contributed by atoms with Crippen LogP contribution in [0.2, 0.25) is 5.02 Å². The average molecular weight is 340 g/mol. The van der Waals surface area contributed by atoms with E-state index in [-0.39, 0.29) is 11.6 Å². The molecule has 7 heteroatoms. The molecule has 0 aliphatic heterocycles. The molecule has 0 saturated heterocycles. The molecular weight excluding hydrogens is 326 g/mol. The normalized spacial score (nSPS) is 10.2. The molecule has 0 aliphatic rings. The Morgan fingerprint density at radius 1 is 1.04 bits per heavy atom. The molecule has 24 heavy (non-hydrogen) atoms. The topological polar surface area (TPSA) is 79.8 Å². The van der Waals surface area contributed by atoms with E-state index < -0.39 is 0 Å². The Morgan fingerprint density at radius 2 is 1.96 bits per heavy atom. The van der Waals surface area contributed by atoms with Crippen LogP contribution in [0.15, 0.2) is 60.9 Å². The molecule has 1 aromatic carbocycles. The first-order chi connectivity index (χ1) is 11.7. The summed E-state index contributed by atoms with van der Waals surface area (Å²) >= 11 is 5.94. The molecule has 120 valence electrons. The first kappa shape index (κ1) is 15.9. The third-order valence-corrected chi connectivity index (χ3v) is 3.36.